The van der Waals surface area contributed by atoms with Gasteiger partial charge in [0.15, 0.2) is 0 Å². The SMILES string of the molecule is COC(=O)[C@H](Cc1cnc[nH]1)NC(=O)C1CCCCCC1. The first-order chi connectivity index (χ1) is 10.2. The number of nitrogens with one attached hydrogen (secondary N) is 2. The number of carbonyl (C=O) groups is 2. The summed E-state index contributed by atoms with van der Waals surface area (Å²) in [5.41, 5.74) is 0.798. The highest BCUT2D eigenvalue weighted by Crippen LogP contribution is 2.23. The van der Waals surface area contributed by atoms with Crippen LogP contribution >= 0.6 is 0 Å². The second-order valence-corrected chi connectivity index (χ2v) is 5.55. The lowest BCUT2D eigenvalue weighted by Crippen LogP contribution is -2.45. The van der Waals surface area contributed by atoms with Crippen LogP contribution < -0.4 is 5.32 Å². The van der Waals surface area contributed by atoms with Gasteiger partial charge in [0, 0.05) is 24.2 Å². The molecule has 2 N–H and O–H groups in total. The fourth-order valence-corrected chi connectivity index (χ4v) is 2.78. The van der Waals surface area contributed by atoms with Crippen LogP contribution in [0, 0.1) is 5.92 Å². The summed E-state index contributed by atoms with van der Waals surface area (Å²) in [7, 11) is 1.33. The predicted molar refractivity (Wildman–Crippen MR) is 77.4 cm³/mol. The standard InChI is InChI=1S/C15H23N3O3/c1-21-15(20)13(8-12-9-16-10-17-12)18-14(19)11-6-4-2-3-5-7-11/h9-11,13H,2-8H2,1H3,(H,16,17)(H,18,19)/t13-/m0/s1. The van der Waals surface area contributed by atoms with Crippen molar-refractivity contribution in [2.24, 2.45) is 5.92 Å². The summed E-state index contributed by atoms with van der Waals surface area (Å²) >= 11 is 0. The highest BCUT2D eigenvalue weighted by atomic mass is 16.5. The molecule has 6 nitrogen and oxygen atoms in total. The Hall–Kier alpha value is -1.85. The van der Waals surface area contributed by atoms with Crippen LogP contribution in [0.3, 0.4) is 0 Å². The van der Waals surface area contributed by atoms with Gasteiger partial charge < -0.3 is 15.0 Å². The van der Waals surface area contributed by atoms with Gasteiger partial charge in [-0.1, -0.05) is 25.7 Å². The molecule has 1 saturated carbocycles. The number of ether oxygens (including phenoxy) is 1. The van der Waals surface area contributed by atoms with Crippen molar-refractivity contribution in [3.8, 4) is 0 Å². The molecule has 1 aromatic rings. The summed E-state index contributed by atoms with van der Waals surface area (Å²) in [4.78, 5) is 31.1. The van der Waals surface area contributed by atoms with E-state index in [4.69, 9.17) is 4.74 Å². The third kappa shape index (κ3) is 4.58. The molecular weight excluding hydrogens is 270 g/mol. The van der Waals surface area contributed by atoms with Gasteiger partial charge in [0.2, 0.25) is 5.91 Å². The van der Waals surface area contributed by atoms with Crippen LogP contribution in [0.5, 0.6) is 0 Å². The van der Waals surface area contributed by atoms with E-state index >= 15 is 0 Å². The normalized spacial score (nSPS) is 17.8. The Bertz CT molecular complexity index is 451. The molecule has 0 aliphatic heterocycles. The Morgan fingerprint density at radius 2 is 2.10 bits per heavy atom. The second-order valence-electron chi connectivity index (χ2n) is 5.55. The molecule has 6 heteroatoms. The lowest BCUT2D eigenvalue weighted by atomic mass is 9.98. The highest BCUT2D eigenvalue weighted by molar-refractivity contribution is 5.85. The first-order valence-corrected chi connectivity index (χ1v) is 7.56. The topological polar surface area (TPSA) is 84.1 Å². The largest absolute Gasteiger partial charge is 0.467 e. The van der Waals surface area contributed by atoms with Crippen molar-refractivity contribution in [3.63, 3.8) is 0 Å². The van der Waals surface area contributed by atoms with Crippen molar-refractivity contribution in [2.45, 2.75) is 51.0 Å². The van der Waals surface area contributed by atoms with Crippen LogP contribution in [-0.2, 0) is 20.7 Å². The van der Waals surface area contributed by atoms with E-state index < -0.39 is 12.0 Å². The molecule has 1 heterocycles. The summed E-state index contributed by atoms with van der Waals surface area (Å²) in [6.45, 7) is 0. The molecular formula is C15H23N3O3. The summed E-state index contributed by atoms with van der Waals surface area (Å²) in [6.07, 6.45) is 9.93. The van der Waals surface area contributed by atoms with Crippen LogP contribution in [0.15, 0.2) is 12.5 Å². The number of H-pyrrole nitrogens is 1. The molecule has 0 saturated heterocycles. The molecule has 1 fully saturated rings. The maximum Gasteiger partial charge on any atom is 0.328 e. The maximum absolute atomic E-state index is 12.4. The number of carbonyl (C=O) groups excluding carboxylic acids is 2. The Balaban J connectivity index is 1.96. The maximum atomic E-state index is 12.4. The monoisotopic (exact) mass is 293 g/mol. The Labute approximate surface area is 124 Å². The molecule has 0 bridgehead atoms. The molecule has 2 rings (SSSR count). The molecule has 1 aliphatic carbocycles. The number of esters is 1. The summed E-state index contributed by atoms with van der Waals surface area (Å²) in [6, 6.07) is -0.661. The van der Waals surface area contributed by atoms with Gasteiger partial charge in [0.25, 0.3) is 0 Å². The highest BCUT2D eigenvalue weighted by Gasteiger charge is 2.27. The average molecular weight is 293 g/mol. The number of aromatic amines is 1. The number of amides is 1. The Morgan fingerprint density at radius 1 is 1.38 bits per heavy atom. The zero-order valence-electron chi connectivity index (χ0n) is 12.4. The van der Waals surface area contributed by atoms with E-state index in [1.54, 1.807) is 12.5 Å². The van der Waals surface area contributed by atoms with Crippen molar-refractivity contribution >= 4 is 11.9 Å². The number of rotatable bonds is 5. The van der Waals surface area contributed by atoms with Crippen LogP contribution in [0.2, 0.25) is 0 Å². The molecule has 1 amide bonds. The summed E-state index contributed by atoms with van der Waals surface area (Å²) in [5.74, 6) is -0.445. The lowest BCUT2D eigenvalue weighted by molar-refractivity contribution is -0.145. The van der Waals surface area contributed by atoms with E-state index in [2.05, 4.69) is 15.3 Å². The minimum absolute atomic E-state index is 0.0152. The van der Waals surface area contributed by atoms with Gasteiger partial charge in [0.1, 0.15) is 6.04 Å². The van der Waals surface area contributed by atoms with Crippen LogP contribution in [0.1, 0.15) is 44.2 Å². The number of nitrogens with zero attached hydrogens (tertiary/aromatic N) is 1. The fraction of sp³-hybridized carbons (Fsp3) is 0.667. The third-order valence-electron chi connectivity index (χ3n) is 4.01. The zero-order chi connectivity index (χ0) is 15.1. The van der Waals surface area contributed by atoms with Crippen LogP contribution in [0.4, 0.5) is 0 Å². The fourth-order valence-electron chi connectivity index (χ4n) is 2.78. The van der Waals surface area contributed by atoms with Crippen molar-refractivity contribution < 1.29 is 14.3 Å². The number of aromatic nitrogens is 2. The van der Waals surface area contributed by atoms with E-state index in [0.717, 1.165) is 31.4 Å². The number of hydrogen-bond donors (Lipinski definition) is 2. The Morgan fingerprint density at radius 3 is 2.67 bits per heavy atom. The number of hydrogen-bond acceptors (Lipinski definition) is 4. The molecule has 0 aromatic carbocycles. The molecule has 0 radical (unpaired) electrons. The summed E-state index contributed by atoms with van der Waals surface area (Å²) in [5, 5.41) is 2.84. The minimum atomic E-state index is -0.661. The minimum Gasteiger partial charge on any atom is -0.467 e. The average Bonchev–Trinajstić information content (AvgIpc) is 2.85. The predicted octanol–water partition coefficient (Wildman–Crippen LogP) is 1.58. The number of imidazole rings is 1. The van der Waals surface area contributed by atoms with Gasteiger partial charge in [-0.15, -0.1) is 0 Å². The van der Waals surface area contributed by atoms with Gasteiger partial charge >= 0.3 is 5.97 Å². The van der Waals surface area contributed by atoms with Gasteiger partial charge in [0.05, 0.1) is 13.4 Å². The molecule has 21 heavy (non-hydrogen) atoms. The van der Waals surface area contributed by atoms with E-state index in [0.29, 0.717) is 6.42 Å². The van der Waals surface area contributed by atoms with Crippen molar-refractivity contribution in [1.29, 1.82) is 0 Å². The van der Waals surface area contributed by atoms with Gasteiger partial charge in [-0.25, -0.2) is 9.78 Å². The van der Waals surface area contributed by atoms with Crippen LogP contribution in [-0.4, -0.2) is 35.0 Å². The summed E-state index contributed by atoms with van der Waals surface area (Å²) < 4.78 is 4.79. The van der Waals surface area contributed by atoms with E-state index in [1.165, 1.54) is 20.0 Å². The first kappa shape index (κ1) is 15.5. The second kappa shape index (κ2) is 7.81. The number of methoxy groups -OCH3 is 1. The molecule has 1 aliphatic rings. The van der Waals surface area contributed by atoms with Gasteiger partial charge in [-0.05, 0) is 12.8 Å². The smallest absolute Gasteiger partial charge is 0.328 e. The van der Waals surface area contributed by atoms with E-state index in [-0.39, 0.29) is 11.8 Å². The third-order valence-corrected chi connectivity index (χ3v) is 4.01. The van der Waals surface area contributed by atoms with E-state index in [1.807, 2.05) is 0 Å². The van der Waals surface area contributed by atoms with Crippen molar-refractivity contribution in [3.05, 3.63) is 18.2 Å². The van der Waals surface area contributed by atoms with E-state index in [9.17, 15) is 9.59 Å². The first-order valence-electron chi connectivity index (χ1n) is 7.56. The molecule has 116 valence electrons. The molecule has 1 atom stereocenters. The van der Waals surface area contributed by atoms with Crippen LogP contribution in [0.25, 0.3) is 0 Å². The zero-order valence-corrected chi connectivity index (χ0v) is 12.4. The lowest BCUT2D eigenvalue weighted by Gasteiger charge is -2.20. The molecule has 0 spiro atoms. The quantitative estimate of drug-likeness (QED) is 0.637. The van der Waals surface area contributed by atoms with Gasteiger partial charge in [-0.2, -0.15) is 0 Å². The Kier molecular flexibility index (Phi) is 5.78. The molecule has 0 unspecified atom stereocenters. The van der Waals surface area contributed by atoms with Gasteiger partial charge in [-0.3, -0.25) is 4.79 Å². The molecule has 1 aromatic heterocycles. The van der Waals surface area contributed by atoms with Crippen molar-refractivity contribution in [1.82, 2.24) is 15.3 Å². The van der Waals surface area contributed by atoms with Crippen molar-refractivity contribution in [2.75, 3.05) is 7.11 Å².